The van der Waals surface area contributed by atoms with Gasteiger partial charge in [-0.3, -0.25) is 4.79 Å². The van der Waals surface area contributed by atoms with Gasteiger partial charge in [-0.05, 0) is 68.8 Å². The topological polar surface area (TPSA) is 90.4 Å². The molecule has 0 aromatic rings. The van der Waals surface area contributed by atoms with Gasteiger partial charge in [0.1, 0.15) is 6.04 Å². The Morgan fingerprint density at radius 2 is 2.16 bits per heavy atom. The zero-order valence-electron chi connectivity index (χ0n) is 14.9. The molecule has 4 aliphatic carbocycles. The number of piperidine rings is 2. The van der Waals surface area contributed by atoms with Crippen molar-refractivity contribution in [1.82, 2.24) is 4.90 Å². The SMILES string of the molecule is CCC1CC2C/C(=C(/N)C(=O)N3C(C#N)CC45CC34C5)CC(O)(C1)C2. The number of carbonyl (C=O) groups excluding carboxylic acids is 1. The van der Waals surface area contributed by atoms with Crippen molar-refractivity contribution in [3.63, 3.8) is 0 Å². The Hall–Kier alpha value is -1.54. The summed E-state index contributed by atoms with van der Waals surface area (Å²) in [5.41, 5.74) is 7.12. The number of nitrogens with two attached hydrogens (primary N) is 1. The van der Waals surface area contributed by atoms with E-state index >= 15 is 0 Å². The van der Waals surface area contributed by atoms with Crippen molar-refractivity contribution in [3.05, 3.63) is 11.3 Å². The summed E-state index contributed by atoms with van der Waals surface area (Å²) in [6.45, 7) is 2.19. The van der Waals surface area contributed by atoms with Crippen molar-refractivity contribution in [1.29, 1.82) is 5.26 Å². The summed E-state index contributed by atoms with van der Waals surface area (Å²) in [4.78, 5) is 14.9. The molecule has 4 saturated carbocycles. The largest absolute Gasteiger partial charge is 0.394 e. The van der Waals surface area contributed by atoms with E-state index in [1.54, 1.807) is 4.90 Å². The van der Waals surface area contributed by atoms with Gasteiger partial charge in [0, 0.05) is 5.41 Å². The Morgan fingerprint density at radius 3 is 2.80 bits per heavy atom. The van der Waals surface area contributed by atoms with Gasteiger partial charge >= 0.3 is 0 Å². The Kier molecular flexibility index (Phi) is 2.88. The number of nitrogens with zero attached hydrogens (tertiary/aromatic N) is 2. The van der Waals surface area contributed by atoms with Crippen LogP contribution in [0, 0.1) is 28.6 Å². The minimum Gasteiger partial charge on any atom is -0.394 e. The number of hydrogen-bond acceptors (Lipinski definition) is 4. The molecule has 0 spiro atoms. The van der Waals surface area contributed by atoms with E-state index < -0.39 is 5.60 Å². The highest BCUT2D eigenvalue weighted by atomic mass is 16.3. The van der Waals surface area contributed by atoms with Crippen LogP contribution < -0.4 is 5.73 Å². The van der Waals surface area contributed by atoms with Crippen LogP contribution in [0.3, 0.4) is 0 Å². The van der Waals surface area contributed by atoms with Crippen LogP contribution >= 0.6 is 0 Å². The van der Waals surface area contributed by atoms with Crippen LogP contribution in [0.5, 0.6) is 0 Å². The van der Waals surface area contributed by atoms with Crippen molar-refractivity contribution in [3.8, 4) is 6.07 Å². The molecule has 5 aliphatic rings. The van der Waals surface area contributed by atoms with Crippen molar-refractivity contribution in [2.45, 2.75) is 81.9 Å². The molecule has 5 rings (SSSR count). The lowest BCUT2D eigenvalue weighted by molar-refractivity contribution is -0.130. The number of amides is 1. The molecule has 25 heavy (non-hydrogen) atoms. The van der Waals surface area contributed by atoms with E-state index in [4.69, 9.17) is 5.73 Å². The van der Waals surface area contributed by atoms with Crippen LogP contribution in [0.25, 0.3) is 0 Å². The van der Waals surface area contributed by atoms with Crippen molar-refractivity contribution < 1.29 is 9.90 Å². The van der Waals surface area contributed by atoms with E-state index in [1.807, 2.05) is 0 Å². The maximum atomic E-state index is 13.1. The number of aliphatic hydroxyl groups is 1. The average molecular weight is 341 g/mol. The standard InChI is InChI=1S/C20H27N3O2/c1-2-12-3-13-4-14(7-19(25,5-12)6-13)16(22)17(24)23-15(9-21)8-18-10-20(18,23)11-18/h12-13,15,25H,2-8,10-11,22H2,1H3/b16-14-. The molecule has 1 saturated heterocycles. The van der Waals surface area contributed by atoms with Crippen molar-refractivity contribution in [2.75, 3.05) is 0 Å². The van der Waals surface area contributed by atoms with Gasteiger partial charge in [0.25, 0.3) is 5.91 Å². The zero-order chi connectivity index (χ0) is 17.6. The zero-order valence-corrected chi connectivity index (χ0v) is 14.9. The molecule has 1 heterocycles. The molecule has 134 valence electrons. The molecule has 4 atom stereocenters. The number of carbonyl (C=O) groups is 1. The molecule has 4 unspecified atom stereocenters. The highest BCUT2D eigenvalue weighted by Gasteiger charge is 2.90. The first-order valence-corrected chi connectivity index (χ1v) is 9.78. The highest BCUT2D eigenvalue weighted by Crippen LogP contribution is 2.87. The van der Waals surface area contributed by atoms with Crippen LogP contribution in [0.2, 0.25) is 0 Å². The molecule has 5 nitrogen and oxygen atoms in total. The first-order valence-electron chi connectivity index (χ1n) is 9.78. The smallest absolute Gasteiger partial charge is 0.271 e. The normalized spacial score (nSPS) is 51.2. The quantitative estimate of drug-likeness (QED) is 0.754. The molecule has 2 bridgehead atoms. The van der Waals surface area contributed by atoms with Gasteiger partial charge in [-0.1, -0.05) is 13.3 Å². The van der Waals surface area contributed by atoms with Gasteiger partial charge in [0.2, 0.25) is 0 Å². The Bertz CT molecular complexity index is 730. The number of fused-ring (bicyclic) bond motifs is 2. The molecule has 1 aliphatic heterocycles. The molecule has 5 heteroatoms. The van der Waals surface area contributed by atoms with Crippen LogP contribution in [-0.2, 0) is 4.79 Å². The second-order valence-corrected chi connectivity index (χ2v) is 9.60. The molecular formula is C20H27N3O2. The summed E-state index contributed by atoms with van der Waals surface area (Å²) in [6, 6.07) is 1.99. The van der Waals surface area contributed by atoms with Crippen LogP contribution in [0.4, 0.5) is 0 Å². The Morgan fingerprint density at radius 1 is 1.40 bits per heavy atom. The second-order valence-electron chi connectivity index (χ2n) is 9.60. The lowest BCUT2D eigenvalue weighted by Gasteiger charge is -2.46. The summed E-state index contributed by atoms with van der Waals surface area (Å²) >= 11 is 0. The third-order valence-electron chi connectivity index (χ3n) is 7.99. The first-order chi connectivity index (χ1) is 11.9. The van der Waals surface area contributed by atoms with Crippen LogP contribution in [0.15, 0.2) is 11.3 Å². The summed E-state index contributed by atoms with van der Waals surface area (Å²) in [6.07, 6.45) is 8.18. The lowest BCUT2D eigenvalue weighted by Crippen LogP contribution is -2.47. The van der Waals surface area contributed by atoms with Gasteiger partial charge in [-0.15, -0.1) is 0 Å². The highest BCUT2D eigenvalue weighted by molar-refractivity contribution is 5.96. The fourth-order valence-electron chi connectivity index (χ4n) is 6.65. The summed E-state index contributed by atoms with van der Waals surface area (Å²) < 4.78 is 0. The van der Waals surface area contributed by atoms with Gasteiger partial charge in [0.15, 0.2) is 0 Å². The fraction of sp³-hybridized carbons (Fsp3) is 0.800. The summed E-state index contributed by atoms with van der Waals surface area (Å²) in [5, 5.41) is 20.5. The Labute approximate surface area is 148 Å². The summed E-state index contributed by atoms with van der Waals surface area (Å²) in [5.74, 6) is 0.874. The minimum absolute atomic E-state index is 0.0373. The van der Waals surface area contributed by atoms with Gasteiger partial charge in [-0.25, -0.2) is 0 Å². The minimum atomic E-state index is -0.692. The van der Waals surface area contributed by atoms with E-state index in [0.717, 1.165) is 56.9 Å². The van der Waals surface area contributed by atoms with E-state index in [9.17, 15) is 15.2 Å². The molecule has 3 N–H and O–H groups in total. The number of likely N-dealkylation sites (tertiary alicyclic amines) is 1. The maximum absolute atomic E-state index is 13.1. The molecule has 0 aromatic carbocycles. The predicted molar refractivity (Wildman–Crippen MR) is 91.8 cm³/mol. The van der Waals surface area contributed by atoms with E-state index in [-0.39, 0.29) is 22.9 Å². The molecular weight excluding hydrogens is 314 g/mol. The van der Waals surface area contributed by atoms with E-state index in [2.05, 4.69) is 13.0 Å². The van der Waals surface area contributed by atoms with Crippen molar-refractivity contribution >= 4 is 5.91 Å². The number of hydrogen-bond donors (Lipinski definition) is 2. The molecule has 1 amide bonds. The maximum Gasteiger partial charge on any atom is 0.271 e. The predicted octanol–water partition coefficient (Wildman–Crippen LogP) is 2.21. The monoisotopic (exact) mass is 341 g/mol. The fourth-order valence-corrected chi connectivity index (χ4v) is 6.65. The first kappa shape index (κ1) is 15.7. The van der Waals surface area contributed by atoms with Crippen LogP contribution in [-0.4, -0.2) is 33.1 Å². The van der Waals surface area contributed by atoms with Crippen LogP contribution in [0.1, 0.15) is 64.7 Å². The summed E-state index contributed by atoms with van der Waals surface area (Å²) in [7, 11) is 0. The number of rotatable bonds is 2. The van der Waals surface area contributed by atoms with E-state index in [0.29, 0.717) is 24.0 Å². The average Bonchev–Trinajstić information content (AvgIpc) is 3.33. The molecule has 0 aromatic heterocycles. The Balaban J connectivity index is 1.41. The van der Waals surface area contributed by atoms with Gasteiger partial charge in [-0.2, -0.15) is 5.26 Å². The lowest BCUT2D eigenvalue weighted by atomic mass is 9.63. The van der Waals surface area contributed by atoms with E-state index in [1.165, 1.54) is 0 Å². The van der Waals surface area contributed by atoms with Gasteiger partial charge < -0.3 is 15.7 Å². The van der Waals surface area contributed by atoms with Gasteiger partial charge in [0.05, 0.1) is 22.9 Å². The third-order valence-corrected chi connectivity index (χ3v) is 7.99. The second kappa shape index (κ2) is 4.59. The van der Waals surface area contributed by atoms with Crippen molar-refractivity contribution in [2.24, 2.45) is 23.0 Å². The molecule has 0 radical (unpaired) electrons. The molecule has 5 fully saturated rings. The number of nitriles is 1. The third kappa shape index (κ3) is 1.95.